The Morgan fingerprint density at radius 2 is 1.92 bits per heavy atom. The van der Waals surface area contributed by atoms with Crippen LogP contribution in [0, 0.1) is 0 Å². The minimum Gasteiger partial charge on any atom is -0.348 e. The third-order valence-electron chi connectivity index (χ3n) is 3.57. The fourth-order valence-corrected chi connectivity index (χ4v) is 2.62. The van der Waals surface area contributed by atoms with Crippen molar-refractivity contribution in [2.24, 2.45) is 0 Å². The summed E-state index contributed by atoms with van der Waals surface area (Å²) in [7, 11) is 0. The van der Waals surface area contributed by atoms with Crippen molar-refractivity contribution in [2.75, 3.05) is 0 Å². The fraction of sp³-hybridized carbons (Fsp3) is 0.176. The third-order valence-corrected chi connectivity index (χ3v) is 4.05. The van der Waals surface area contributed by atoms with Crippen molar-refractivity contribution in [3.63, 3.8) is 0 Å². The molecule has 1 heterocycles. The second-order valence-electron chi connectivity index (χ2n) is 5.49. The molecule has 0 fully saturated rings. The molecule has 1 amide bonds. The number of benzene rings is 2. The van der Waals surface area contributed by atoms with Gasteiger partial charge in [-0.05, 0) is 54.1 Å². The molecule has 0 aliphatic heterocycles. The molecule has 1 N–H and O–H groups in total. The van der Waals surface area contributed by atoms with Crippen LogP contribution < -0.4 is 5.32 Å². The zero-order chi connectivity index (χ0) is 17.8. The Kier molecular flexibility index (Phi) is 5.31. The third kappa shape index (κ3) is 4.55. The minimum atomic E-state index is -0.215. The van der Waals surface area contributed by atoms with E-state index in [9.17, 15) is 4.79 Å². The molecule has 1 unspecified atom stereocenters. The van der Waals surface area contributed by atoms with Gasteiger partial charge < -0.3 is 5.32 Å². The van der Waals surface area contributed by atoms with Crippen LogP contribution in [0.1, 0.15) is 18.5 Å². The van der Waals surface area contributed by atoms with E-state index in [-0.39, 0.29) is 18.5 Å². The second kappa shape index (κ2) is 7.63. The molecular formula is C17H15Cl2N5O. The quantitative estimate of drug-likeness (QED) is 0.740. The lowest BCUT2D eigenvalue weighted by molar-refractivity contribution is -0.122. The molecule has 3 aromatic rings. The molecule has 128 valence electrons. The SMILES string of the molecule is CC(NC(=O)Cn1nnc(-c2ccc(Cl)cc2)n1)c1cccc(Cl)c1. The number of aromatic nitrogens is 4. The zero-order valence-corrected chi connectivity index (χ0v) is 14.9. The first-order valence-electron chi connectivity index (χ1n) is 7.60. The van der Waals surface area contributed by atoms with Gasteiger partial charge in [0.15, 0.2) is 0 Å². The molecule has 0 radical (unpaired) electrons. The molecule has 0 bridgehead atoms. The fourth-order valence-electron chi connectivity index (χ4n) is 2.30. The van der Waals surface area contributed by atoms with Gasteiger partial charge in [-0.15, -0.1) is 10.2 Å². The van der Waals surface area contributed by atoms with Gasteiger partial charge in [0.25, 0.3) is 0 Å². The van der Waals surface area contributed by atoms with Crippen molar-refractivity contribution in [2.45, 2.75) is 19.5 Å². The van der Waals surface area contributed by atoms with Gasteiger partial charge >= 0.3 is 0 Å². The number of tetrazole rings is 1. The van der Waals surface area contributed by atoms with E-state index in [1.165, 1.54) is 4.80 Å². The predicted molar refractivity (Wildman–Crippen MR) is 96.3 cm³/mol. The number of carbonyl (C=O) groups excluding carboxylic acids is 1. The highest BCUT2D eigenvalue weighted by Crippen LogP contribution is 2.18. The first-order chi connectivity index (χ1) is 12.0. The average Bonchev–Trinajstić information content (AvgIpc) is 3.03. The largest absolute Gasteiger partial charge is 0.348 e. The normalized spacial score (nSPS) is 12.0. The summed E-state index contributed by atoms with van der Waals surface area (Å²) in [4.78, 5) is 13.4. The average molecular weight is 376 g/mol. The van der Waals surface area contributed by atoms with Gasteiger partial charge in [-0.25, -0.2) is 0 Å². The summed E-state index contributed by atoms with van der Waals surface area (Å²) < 4.78 is 0. The maximum atomic E-state index is 12.2. The van der Waals surface area contributed by atoms with Crippen LogP contribution in [-0.4, -0.2) is 26.1 Å². The van der Waals surface area contributed by atoms with Gasteiger partial charge in [0.2, 0.25) is 11.7 Å². The Bertz CT molecular complexity index is 879. The van der Waals surface area contributed by atoms with Crippen molar-refractivity contribution in [1.29, 1.82) is 0 Å². The number of nitrogens with one attached hydrogen (secondary N) is 1. The van der Waals surface area contributed by atoms with E-state index in [1.54, 1.807) is 30.3 Å². The summed E-state index contributed by atoms with van der Waals surface area (Å²) in [6.45, 7) is 1.86. The van der Waals surface area contributed by atoms with Gasteiger partial charge in [0.05, 0.1) is 6.04 Å². The summed E-state index contributed by atoms with van der Waals surface area (Å²) in [5, 5.41) is 16.2. The van der Waals surface area contributed by atoms with E-state index in [1.807, 2.05) is 25.1 Å². The molecule has 0 saturated heterocycles. The molecule has 1 aromatic heterocycles. The van der Waals surface area contributed by atoms with Gasteiger partial charge in [0.1, 0.15) is 6.54 Å². The summed E-state index contributed by atoms with van der Waals surface area (Å²) in [5.74, 6) is 0.222. The van der Waals surface area contributed by atoms with Gasteiger partial charge in [-0.1, -0.05) is 35.3 Å². The molecule has 0 aliphatic carbocycles. The molecule has 3 rings (SSSR count). The summed E-state index contributed by atoms with van der Waals surface area (Å²) >= 11 is 11.8. The van der Waals surface area contributed by atoms with Crippen molar-refractivity contribution >= 4 is 29.1 Å². The highest BCUT2D eigenvalue weighted by atomic mass is 35.5. The summed E-state index contributed by atoms with van der Waals surface area (Å²) in [6, 6.07) is 14.3. The lowest BCUT2D eigenvalue weighted by atomic mass is 10.1. The van der Waals surface area contributed by atoms with Crippen LogP contribution >= 0.6 is 23.2 Å². The highest BCUT2D eigenvalue weighted by molar-refractivity contribution is 6.30. The number of hydrogen-bond acceptors (Lipinski definition) is 4. The van der Waals surface area contributed by atoms with Gasteiger partial charge in [-0.3, -0.25) is 4.79 Å². The van der Waals surface area contributed by atoms with Crippen LogP contribution in [0.25, 0.3) is 11.4 Å². The standard InChI is InChI=1S/C17H15Cl2N5O/c1-11(13-3-2-4-15(19)9-13)20-16(25)10-24-22-17(21-23-24)12-5-7-14(18)8-6-12/h2-9,11H,10H2,1H3,(H,20,25). The van der Waals surface area contributed by atoms with Crippen molar-refractivity contribution < 1.29 is 4.79 Å². The number of nitrogens with zero attached hydrogens (tertiary/aromatic N) is 4. The maximum Gasteiger partial charge on any atom is 0.244 e. The highest BCUT2D eigenvalue weighted by Gasteiger charge is 2.13. The van der Waals surface area contributed by atoms with Crippen LogP contribution in [0.5, 0.6) is 0 Å². The number of rotatable bonds is 5. The summed E-state index contributed by atoms with van der Waals surface area (Å²) in [6.07, 6.45) is 0. The maximum absolute atomic E-state index is 12.2. The Morgan fingerprint density at radius 3 is 2.64 bits per heavy atom. The monoisotopic (exact) mass is 375 g/mol. The molecule has 6 nitrogen and oxygen atoms in total. The molecule has 25 heavy (non-hydrogen) atoms. The number of halogens is 2. The lowest BCUT2D eigenvalue weighted by Crippen LogP contribution is -2.30. The lowest BCUT2D eigenvalue weighted by Gasteiger charge is -2.14. The first-order valence-corrected chi connectivity index (χ1v) is 8.35. The first kappa shape index (κ1) is 17.4. The second-order valence-corrected chi connectivity index (χ2v) is 6.37. The zero-order valence-electron chi connectivity index (χ0n) is 13.4. The Labute approximate surface area is 154 Å². The Morgan fingerprint density at radius 1 is 1.16 bits per heavy atom. The van der Waals surface area contributed by atoms with Gasteiger partial charge in [-0.2, -0.15) is 4.80 Å². The van der Waals surface area contributed by atoms with Crippen LogP contribution in [0.3, 0.4) is 0 Å². The van der Waals surface area contributed by atoms with Crippen LogP contribution in [-0.2, 0) is 11.3 Å². The van der Waals surface area contributed by atoms with Crippen molar-refractivity contribution in [3.8, 4) is 11.4 Å². The van der Waals surface area contributed by atoms with Crippen LogP contribution in [0.2, 0.25) is 10.0 Å². The van der Waals surface area contributed by atoms with Gasteiger partial charge in [0, 0.05) is 15.6 Å². The smallest absolute Gasteiger partial charge is 0.244 e. The number of carbonyl (C=O) groups is 1. The van der Waals surface area contributed by atoms with E-state index in [0.29, 0.717) is 15.9 Å². The molecule has 8 heteroatoms. The van der Waals surface area contributed by atoms with E-state index in [0.717, 1.165) is 11.1 Å². The van der Waals surface area contributed by atoms with Crippen molar-refractivity contribution in [3.05, 3.63) is 64.1 Å². The van der Waals surface area contributed by atoms with Crippen molar-refractivity contribution in [1.82, 2.24) is 25.5 Å². The van der Waals surface area contributed by atoms with E-state index in [4.69, 9.17) is 23.2 Å². The predicted octanol–water partition coefficient (Wildman–Crippen LogP) is 3.52. The Hall–Kier alpha value is -2.44. The number of hydrogen-bond donors (Lipinski definition) is 1. The van der Waals surface area contributed by atoms with Crippen LogP contribution in [0.4, 0.5) is 0 Å². The Balaban J connectivity index is 1.62. The molecule has 1 atom stereocenters. The summed E-state index contributed by atoms with van der Waals surface area (Å²) in [5.41, 5.74) is 1.71. The van der Waals surface area contributed by atoms with E-state index in [2.05, 4.69) is 20.7 Å². The topological polar surface area (TPSA) is 72.7 Å². The molecule has 0 saturated carbocycles. The minimum absolute atomic E-state index is 0.0223. The van der Waals surface area contributed by atoms with E-state index >= 15 is 0 Å². The number of amides is 1. The van der Waals surface area contributed by atoms with Crippen LogP contribution in [0.15, 0.2) is 48.5 Å². The molecule has 2 aromatic carbocycles. The van der Waals surface area contributed by atoms with E-state index < -0.39 is 0 Å². The molecular weight excluding hydrogens is 361 g/mol. The molecule has 0 spiro atoms. The molecule has 0 aliphatic rings.